The van der Waals surface area contributed by atoms with Gasteiger partial charge >= 0.3 is 0 Å². The van der Waals surface area contributed by atoms with Crippen LogP contribution in [-0.4, -0.2) is 52.5 Å². The first-order valence-electron chi connectivity index (χ1n) is 8.56. The van der Waals surface area contributed by atoms with Gasteiger partial charge in [-0.25, -0.2) is 0 Å². The minimum Gasteiger partial charge on any atom is -0.381 e. The van der Waals surface area contributed by atoms with Gasteiger partial charge in [0.25, 0.3) is 0 Å². The number of nitrogens with one attached hydrogen (secondary N) is 2. The van der Waals surface area contributed by atoms with Crippen LogP contribution in [-0.2, 0) is 14.9 Å². The Kier molecular flexibility index (Phi) is 10.7. The van der Waals surface area contributed by atoms with Crippen LogP contribution in [0.1, 0.15) is 25.3 Å². The number of nitrogens with zero attached hydrogens (tertiary/aromatic N) is 1. The van der Waals surface area contributed by atoms with Gasteiger partial charge in [0, 0.05) is 50.4 Å². The van der Waals surface area contributed by atoms with Gasteiger partial charge in [0.1, 0.15) is 0 Å². The smallest absolute Gasteiger partial charge is 0.191 e. The number of halogens is 2. The fourth-order valence-corrected chi connectivity index (χ4v) is 3.20. The predicted octanol–water partition coefficient (Wildman–Crippen LogP) is 3.21. The molecule has 1 aromatic rings. The van der Waals surface area contributed by atoms with Gasteiger partial charge in [-0.3, -0.25) is 4.99 Å². The molecule has 0 aliphatic carbocycles. The van der Waals surface area contributed by atoms with Crippen LogP contribution in [0.2, 0.25) is 5.02 Å². The van der Waals surface area contributed by atoms with Crippen LogP contribution < -0.4 is 10.6 Å². The van der Waals surface area contributed by atoms with Gasteiger partial charge < -0.3 is 20.1 Å². The number of aliphatic imine (C=N–C) groups is 1. The lowest BCUT2D eigenvalue weighted by Crippen LogP contribution is -2.48. The van der Waals surface area contributed by atoms with E-state index in [9.17, 15) is 0 Å². The van der Waals surface area contributed by atoms with Crippen molar-refractivity contribution in [3.05, 3.63) is 34.9 Å². The highest BCUT2D eigenvalue weighted by molar-refractivity contribution is 14.0. The molecule has 2 rings (SSSR count). The fourth-order valence-electron chi connectivity index (χ4n) is 3.01. The lowest BCUT2D eigenvalue weighted by molar-refractivity contribution is 0.0513. The summed E-state index contributed by atoms with van der Waals surface area (Å²) in [5.74, 6) is 0.794. The van der Waals surface area contributed by atoms with E-state index in [1.807, 2.05) is 19.1 Å². The largest absolute Gasteiger partial charge is 0.381 e. The molecule has 1 heterocycles. The van der Waals surface area contributed by atoms with E-state index in [0.717, 1.165) is 56.7 Å². The summed E-state index contributed by atoms with van der Waals surface area (Å²) in [7, 11) is 1.78. The lowest BCUT2D eigenvalue weighted by atomic mass is 9.74. The molecule has 1 aromatic carbocycles. The normalized spacial score (nSPS) is 16.8. The van der Waals surface area contributed by atoms with Gasteiger partial charge in [-0.2, -0.15) is 0 Å². The molecule has 0 saturated carbocycles. The van der Waals surface area contributed by atoms with Gasteiger partial charge in [-0.1, -0.05) is 23.7 Å². The lowest BCUT2D eigenvalue weighted by Gasteiger charge is -2.38. The van der Waals surface area contributed by atoms with E-state index < -0.39 is 0 Å². The first kappa shape index (κ1) is 22.5. The van der Waals surface area contributed by atoms with Crippen molar-refractivity contribution in [2.24, 2.45) is 4.99 Å². The Labute approximate surface area is 172 Å². The molecule has 5 nitrogen and oxygen atoms in total. The summed E-state index contributed by atoms with van der Waals surface area (Å²) in [6, 6.07) is 8.16. The molecule has 0 radical (unpaired) electrons. The summed E-state index contributed by atoms with van der Waals surface area (Å²) in [6.45, 7) is 6.46. The Morgan fingerprint density at radius 3 is 2.72 bits per heavy atom. The van der Waals surface area contributed by atoms with Crippen LogP contribution in [0.5, 0.6) is 0 Å². The van der Waals surface area contributed by atoms with Crippen molar-refractivity contribution in [2.75, 3.05) is 46.6 Å². The first-order chi connectivity index (χ1) is 11.7. The average molecular weight is 482 g/mol. The molecule has 2 N–H and O–H groups in total. The van der Waals surface area contributed by atoms with E-state index in [2.05, 4.69) is 27.8 Å². The van der Waals surface area contributed by atoms with Crippen LogP contribution in [0.4, 0.5) is 0 Å². The SMILES string of the molecule is CCOCCNC(=NC)NCC1(c2cccc(Cl)c2)CCOCC1.I. The van der Waals surface area contributed by atoms with Gasteiger partial charge in [-0.15, -0.1) is 24.0 Å². The van der Waals surface area contributed by atoms with Crippen LogP contribution in [0.3, 0.4) is 0 Å². The van der Waals surface area contributed by atoms with E-state index in [1.54, 1.807) is 7.05 Å². The quantitative estimate of drug-likeness (QED) is 0.272. The van der Waals surface area contributed by atoms with E-state index in [1.165, 1.54) is 5.56 Å². The molecule has 0 bridgehead atoms. The molecule has 0 atom stereocenters. The maximum atomic E-state index is 6.21. The maximum Gasteiger partial charge on any atom is 0.191 e. The Hall–Kier alpha value is -0.570. The van der Waals surface area contributed by atoms with Crippen LogP contribution in [0.25, 0.3) is 0 Å². The van der Waals surface area contributed by atoms with Crippen molar-refractivity contribution < 1.29 is 9.47 Å². The van der Waals surface area contributed by atoms with Crippen molar-refractivity contribution in [3.63, 3.8) is 0 Å². The molecule has 1 aliphatic heterocycles. The summed E-state index contributed by atoms with van der Waals surface area (Å²) < 4.78 is 10.9. The molecule has 0 amide bonds. The monoisotopic (exact) mass is 481 g/mol. The zero-order valence-corrected chi connectivity index (χ0v) is 18.1. The van der Waals surface area contributed by atoms with Crippen molar-refractivity contribution in [1.82, 2.24) is 10.6 Å². The first-order valence-corrected chi connectivity index (χ1v) is 8.94. The Bertz CT molecular complexity index is 537. The highest BCUT2D eigenvalue weighted by Crippen LogP contribution is 2.35. The predicted molar refractivity (Wildman–Crippen MR) is 114 cm³/mol. The van der Waals surface area contributed by atoms with Crippen LogP contribution in [0.15, 0.2) is 29.3 Å². The third-order valence-corrected chi connectivity index (χ3v) is 4.68. The summed E-state index contributed by atoms with van der Waals surface area (Å²) in [6.07, 6.45) is 1.94. The second kappa shape index (κ2) is 11.9. The summed E-state index contributed by atoms with van der Waals surface area (Å²) in [5, 5.41) is 7.52. The molecule has 0 spiro atoms. The van der Waals surface area contributed by atoms with Crippen molar-refractivity contribution >= 4 is 41.5 Å². The molecule has 1 fully saturated rings. The number of hydrogen-bond donors (Lipinski definition) is 2. The van der Waals surface area contributed by atoms with Crippen LogP contribution in [0, 0.1) is 0 Å². The zero-order chi connectivity index (χ0) is 17.3. The van der Waals surface area contributed by atoms with Crippen molar-refractivity contribution in [2.45, 2.75) is 25.2 Å². The van der Waals surface area contributed by atoms with Crippen molar-refractivity contribution in [1.29, 1.82) is 0 Å². The van der Waals surface area contributed by atoms with E-state index in [0.29, 0.717) is 6.61 Å². The molecule has 1 aliphatic rings. The Morgan fingerprint density at radius 1 is 1.32 bits per heavy atom. The Morgan fingerprint density at radius 2 is 2.08 bits per heavy atom. The maximum absolute atomic E-state index is 6.21. The topological polar surface area (TPSA) is 54.9 Å². The molecular formula is C18H29ClIN3O2. The number of benzene rings is 1. The molecule has 1 saturated heterocycles. The van der Waals surface area contributed by atoms with Gasteiger partial charge in [0.05, 0.1) is 6.61 Å². The molecule has 25 heavy (non-hydrogen) atoms. The second-order valence-electron chi connectivity index (χ2n) is 5.95. The zero-order valence-electron chi connectivity index (χ0n) is 15.0. The van der Waals surface area contributed by atoms with Gasteiger partial charge in [-0.05, 0) is 37.5 Å². The van der Waals surface area contributed by atoms with Gasteiger partial charge in [0.15, 0.2) is 5.96 Å². The van der Waals surface area contributed by atoms with Gasteiger partial charge in [0.2, 0.25) is 0 Å². The molecule has 7 heteroatoms. The van der Waals surface area contributed by atoms with Crippen LogP contribution >= 0.6 is 35.6 Å². The minimum absolute atomic E-state index is 0. The third-order valence-electron chi connectivity index (χ3n) is 4.45. The third kappa shape index (κ3) is 6.92. The Balaban J connectivity index is 0.00000312. The fraction of sp³-hybridized carbons (Fsp3) is 0.611. The van der Waals surface area contributed by atoms with E-state index >= 15 is 0 Å². The number of hydrogen-bond acceptors (Lipinski definition) is 3. The van der Waals surface area contributed by atoms with Crippen molar-refractivity contribution in [3.8, 4) is 0 Å². The molecular weight excluding hydrogens is 453 g/mol. The molecule has 0 unspecified atom stereocenters. The summed E-state index contributed by atoms with van der Waals surface area (Å²) in [5.41, 5.74) is 1.27. The summed E-state index contributed by atoms with van der Waals surface area (Å²) >= 11 is 6.21. The summed E-state index contributed by atoms with van der Waals surface area (Å²) in [4.78, 5) is 4.29. The molecule has 0 aromatic heterocycles. The number of guanidine groups is 1. The average Bonchev–Trinajstić information content (AvgIpc) is 2.62. The standard InChI is InChI=1S/C18H28ClN3O2.HI/c1-3-23-12-9-21-17(20-2)22-14-18(7-10-24-11-8-18)15-5-4-6-16(19)13-15;/h4-6,13H,3,7-12,14H2,1-2H3,(H2,20,21,22);1H. The number of rotatable bonds is 7. The highest BCUT2D eigenvalue weighted by atomic mass is 127. The second-order valence-corrected chi connectivity index (χ2v) is 6.39. The minimum atomic E-state index is 0. The number of ether oxygens (including phenoxy) is 2. The highest BCUT2D eigenvalue weighted by Gasteiger charge is 2.34. The molecule has 142 valence electrons. The van der Waals surface area contributed by atoms with E-state index in [4.69, 9.17) is 21.1 Å². The van der Waals surface area contributed by atoms with E-state index in [-0.39, 0.29) is 29.4 Å².